The summed E-state index contributed by atoms with van der Waals surface area (Å²) in [5, 5.41) is 0.680. The first-order valence-corrected chi connectivity index (χ1v) is 12.7. The first-order valence-electron chi connectivity index (χ1n) is 10.5. The minimum atomic E-state index is -3.21. The molecule has 3 aromatic rings. The Morgan fingerprint density at radius 3 is 2.50 bits per heavy atom. The zero-order chi connectivity index (χ0) is 23.0. The van der Waals surface area contributed by atoms with Crippen molar-refractivity contribution < 1.29 is 17.6 Å². The number of hydrogen-bond acceptors (Lipinski definition) is 5. The van der Waals surface area contributed by atoms with Gasteiger partial charge in [0.1, 0.15) is 5.58 Å². The van der Waals surface area contributed by atoms with Gasteiger partial charge in [-0.1, -0.05) is 49.7 Å². The van der Waals surface area contributed by atoms with Crippen LogP contribution >= 0.6 is 11.6 Å². The zero-order valence-corrected chi connectivity index (χ0v) is 19.4. The molecule has 0 bridgehead atoms. The largest absolute Gasteiger partial charge is 0.451 e. The van der Waals surface area contributed by atoms with E-state index >= 15 is 0 Å². The van der Waals surface area contributed by atoms with Crippen LogP contribution in [0.3, 0.4) is 0 Å². The summed E-state index contributed by atoms with van der Waals surface area (Å²) in [5.41, 5.74) is 1.93. The topological polar surface area (TPSA) is 84.7 Å². The van der Waals surface area contributed by atoms with Crippen LogP contribution in [-0.2, 0) is 16.4 Å². The van der Waals surface area contributed by atoms with E-state index in [-0.39, 0.29) is 40.2 Å². The summed E-state index contributed by atoms with van der Waals surface area (Å²) < 4.78 is 30.0. The number of rotatable bonds is 5. The summed E-state index contributed by atoms with van der Waals surface area (Å²) in [6.07, 6.45) is 0.353. The fraction of sp³-hybridized carbons (Fsp3) is 0.333. The van der Waals surface area contributed by atoms with Crippen LogP contribution in [0, 0.1) is 0 Å². The maximum absolute atomic E-state index is 13.5. The number of sulfone groups is 1. The third kappa shape index (κ3) is 4.74. The van der Waals surface area contributed by atoms with E-state index in [1.165, 1.54) is 16.5 Å². The second kappa shape index (κ2) is 8.71. The summed E-state index contributed by atoms with van der Waals surface area (Å²) in [6, 6.07) is 13.2. The third-order valence-corrected chi connectivity index (χ3v) is 7.79. The molecule has 1 atom stereocenters. The summed E-state index contributed by atoms with van der Waals surface area (Å²) in [7, 11) is -3.21. The van der Waals surface area contributed by atoms with Crippen molar-refractivity contribution in [3.05, 3.63) is 80.7 Å². The van der Waals surface area contributed by atoms with Crippen LogP contribution in [-0.4, -0.2) is 36.8 Å². The molecule has 1 fully saturated rings. The molecule has 2 aromatic carbocycles. The van der Waals surface area contributed by atoms with Crippen molar-refractivity contribution in [1.82, 2.24) is 4.90 Å². The van der Waals surface area contributed by atoms with Gasteiger partial charge in [0, 0.05) is 23.7 Å². The van der Waals surface area contributed by atoms with Crippen molar-refractivity contribution in [2.45, 2.75) is 38.8 Å². The van der Waals surface area contributed by atoms with Crippen molar-refractivity contribution in [1.29, 1.82) is 0 Å². The van der Waals surface area contributed by atoms with Crippen molar-refractivity contribution in [3.8, 4) is 0 Å². The highest BCUT2D eigenvalue weighted by Gasteiger charge is 2.36. The van der Waals surface area contributed by atoms with E-state index in [2.05, 4.69) is 13.8 Å². The Bertz CT molecular complexity index is 1330. The first kappa shape index (κ1) is 22.6. The third-order valence-electron chi connectivity index (χ3n) is 5.81. The lowest BCUT2D eigenvalue weighted by Crippen LogP contribution is -2.40. The quantitative estimate of drug-likeness (QED) is 0.548. The van der Waals surface area contributed by atoms with Crippen LogP contribution in [0.5, 0.6) is 0 Å². The average Bonchev–Trinajstić information content (AvgIpc) is 3.11. The van der Waals surface area contributed by atoms with Gasteiger partial charge in [-0.05, 0) is 41.7 Å². The van der Waals surface area contributed by atoms with E-state index in [1.54, 1.807) is 12.1 Å². The molecule has 0 aliphatic carbocycles. The van der Waals surface area contributed by atoms with Crippen molar-refractivity contribution >= 4 is 38.3 Å². The van der Waals surface area contributed by atoms with Crippen LogP contribution in [0.1, 0.15) is 47.9 Å². The van der Waals surface area contributed by atoms with Crippen molar-refractivity contribution in [2.75, 3.05) is 11.5 Å². The Morgan fingerprint density at radius 1 is 1.16 bits per heavy atom. The number of carbonyl (C=O) groups is 1. The molecular formula is C24H24ClNO5S. The number of amides is 1. The first-order chi connectivity index (χ1) is 15.1. The SMILES string of the molecule is CC(C)c1ccc(CN(C(=O)c2cc(=O)c3cc(Cl)ccc3o2)C2CCS(=O)(=O)C2)cc1. The minimum absolute atomic E-state index is 0.0356. The molecule has 1 unspecified atom stereocenters. The van der Waals surface area contributed by atoms with Crippen molar-refractivity contribution in [3.63, 3.8) is 0 Å². The summed E-state index contributed by atoms with van der Waals surface area (Å²) >= 11 is 5.96. The maximum atomic E-state index is 13.5. The fourth-order valence-corrected chi connectivity index (χ4v) is 5.87. The molecular weight excluding hydrogens is 450 g/mol. The molecule has 1 aliphatic rings. The van der Waals surface area contributed by atoms with Crippen LogP contribution < -0.4 is 5.43 Å². The van der Waals surface area contributed by atoms with Crippen molar-refractivity contribution in [2.24, 2.45) is 0 Å². The molecule has 32 heavy (non-hydrogen) atoms. The predicted molar refractivity (Wildman–Crippen MR) is 125 cm³/mol. The van der Waals surface area contributed by atoms with E-state index in [0.717, 1.165) is 11.6 Å². The number of nitrogens with zero attached hydrogens (tertiary/aromatic N) is 1. The van der Waals surface area contributed by atoms with Gasteiger partial charge in [-0.2, -0.15) is 0 Å². The van der Waals surface area contributed by atoms with Gasteiger partial charge in [-0.25, -0.2) is 8.42 Å². The molecule has 168 valence electrons. The number of halogens is 1. The van der Waals surface area contributed by atoms with E-state index in [4.69, 9.17) is 16.0 Å². The van der Waals surface area contributed by atoms with E-state index in [9.17, 15) is 18.0 Å². The normalized spacial score (nSPS) is 17.7. The molecule has 0 N–H and O–H groups in total. The van der Waals surface area contributed by atoms with E-state index in [0.29, 0.717) is 17.4 Å². The molecule has 0 spiro atoms. The second-order valence-electron chi connectivity index (χ2n) is 8.50. The fourth-order valence-electron chi connectivity index (χ4n) is 3.97. The lowest BCUT2D eigenvalue weighted by molar-refractivity contribution is 0.0648. The smallest absolute Gasteiger partial charge is 0.290 e. The zero-order valence-electron chi connectivity index (χ0n) is 17.9. The highest BCUT2D eigenvalue weighted by atomic mass is 35.5. The average molecular weight is 474 g/mol. The highest BCUT2D eigenvalue weighted by molar-refractivity contribution is 7.91. The molecule has 6 nitrogen and oxygen atoms in total. The minimum Gasteiger partial charge on any atom is -0.451 e. The Balaban J connectivity index is 1.70. The molecule has 1 aromatic heterocycles. The molecule has 1 aliphatic heterocycles. The van der Waals surface area contributed by atoms with Crippen LogP contribution in [0.2, 0.25) is 5.02 Å². The molecule has 1 saturated heterocycles. The van der Waals surface area contributed by atoms with Gasteiger partial charge in [-0.15, -0.1) is 0 Å². The van der Waals surface area contributed by atoms with Gasteiger partial charge in [0.05, 0.1) is 16.9 Å². The monoisotopic (exact) mass is 473 g/mol. The van der Waals surface area contributed by atoms with Gasteiger partial charge in [0.15, 0.2) is 21.0 Å². The molecule has 1 amide bonds. The Hall–Kier alpha value is -2.64. The molecule has 0 saturated carbocycles. The maximum Gasteiger partial charge on any atom is 0.290 e. The number of benzene rings is 2. The van der Waals surface area contributed by atoms with Crippen LogP contribution in [0.25, 0.3) is 11.0 Å². The summed E-state index contributed by atoms with van der Waals surface area (Å²) in [6.45, 7) is 4.42. The van der Waals surface area contributed by atoms with Gasteiger partial charge >= 0.3 is 0 Å². The van der Waals surface area contributed by atoms with Gasteiger partial charge in [0.2, 0.25) is 0 Å². The van der Waals surface area contributed by atoms with Crippen LogP contribution in [0.15, 0.2) is 57.7 Å². The van der Waals surface area contributed by atoms with Crippen LogP contribution in [0.4, 0.5) is 0 Å². The predicted octanol–water partition coefficient (Wildman–Crippen LogP) is 4.40. The molecule has 2 heterocycles. The van der Waals surface area contributed by atoms with Gasteiger partial charge in [-0.3, -0.25) is 9.59 Å². The Kier molecular flexibility index (Phi) is 6.14. The summed E-state index contributed by atoms with van der Waals surface area (Å²) in [5.74, 6) is -0.312. The van der Waals surface area contributed by atoms with E-state index in [1.807, 2.05) is 24.3 Å². The standard InChI is InChI=1S/C24H24ClNO5S/c1-15(2)17-5-3-16(4-6-17)13-26(19-9-10-32(29,30)14-19)24(28)23-12-21(27)20-11-18(25)7-8-22(20)31-23/h3-8,11-12,15,19H,9-10,13-14H2,1-2H3. The number of hydrogen-bond donors (Lipinski definition) is 0. The lowest BCUT2D eigenvalue weighted by atomic mass is 10.0. The number of fused-ring (bicyclic) bond motifs is 1. The number of carbonyl (C=O) groups excluding carboxylic acids is 1. The van der Waals surface area contributed by atoms with Gasteiger partial charge in [0.25, 0.3) is 5.91 Å². The van der Waals surface area contributed by atoms with E-state index < -0.39 is 21.8 Å². The second-order valence-corrected chi connectivity index (χ2v) is 11.2. The summed E-state index contributed by atoms with van der Waals surface area (Å²) in [4.78, 5) is 27.5. The molecule has 8 heteroatoms. The highest BCUT2D eigenvalue weighted by Crippen LogP contribution is 2.25. The van der Waals surface area contributed by atoms with Gasteiger partial charge < -0.3 is 9.32 Å². The lowest BCUT2D eigenvalue weighted by Gasteiger charge is -2.28. The molecule has 0 radical (unpaired) electrons. The Morgan fingerprint density at radius 2 is 1.88 bits per heavy atom. The molecule has 4 rings (SSSR count). The Labute approximate surface area is 191 Å².